The van der Waals surface area contributed by atoms with Crippen LogP contribution < -0.4 is 4.74 Å². The number of hydrogen-bond donors (Lipinski definition) is 0. The minimum Gasteiger partial charge on any atom is -0.494 e. The van der Waals surface area contributed by atoms with E-state index >= 15 is 0 Å². The fraction of sp³-hybridized carbons (Fsp3) is 0.333. The average molecular weight is 335 g/mol. The largest absolute Gasteiger partial charge is 0.494 e. The number of nitrogens with zero attached hydrogens (tertiary/aromatic N) is 3. The number of unbranched alkanes of at least 4 members (excludes halogenated alkanes) is 1. The molecule has 1 heterocycles. The van der Waals surface area contributed by atoms with Gasteiger partial charge < -0.3 is 9.30 Å². The van der Waals surface area contributed by atoms with Crippen LogP contribution >= 0.6 is 0 Å². The minimum absolute atomic E-state index is 0.756. The lowest BCUT2D eigenvalue weighted by atomic mass is 10.2. The van der Waals surface area contributed by atoms with Gasteiger partial charge in [0.25, 0.3) is 0 Å². The van der Waals surface area contributed by atoms with E-state index in [1.807, 2.05) is 48.7 Å². The predicted octanol–water partition coefficient (Wildman–Crippen LogP) is 5.38. The molecule has 3 rings (SSSR count). The fourth-order valence-electron chi connectivity index (χ4n) is 2.72. The number of imidazole rings is 1. The van der Waals surface area contributed by atoms with Gasteiger partial charge in [-0.2, -0.15) is 0 Å². The second kappa shape index (κ2) is 8.47. The molecule has 0 atom stereocenters. The fourth-order valence-corrected chi connectivity index (χ4v) is 2.72. The van der Waals surface area contributed by atoms with Gasteiger partial charge in [0.1, 0.15) is 5.75 Å². The third-order valence-corrected chi connectivity index (χ3v) is 4.06. The van der Waals surface area contributed by atoms with Gasteiger partial charge in [0.2, 0.25) is 5.95 Å². The Labute approximate surface area is 149 Å². The van der Waals surface area contributed by atoms with Crippen LogP contribution in [0.3, 0.4) is 0 Å². The number of aromatic nitrogens is 2. The summed E-state index contributed by atoms with van der Waals surface area (Å²) in [7, 11) is 0. The van der Waals surface area contributed by atoms with Gasteiger partial charge in [-0.15, -0.1) is 0 Å². The molecule has 4 heteroatoms. The molecule has 1 aromatic heterocycles. The third kappa shape index (κ3) is 4.27. The molecule has 0 unspecified atom stereocenters. The Morgan fingerprint density at radius 2 is 1.84 bits per heavy atom. The number of ether oxygens (including phenoxy) is 1. The first kappa shape index (κ1) is 17.2. The molecule has 25 heavy (non-hydrogen) atoms. The van der Waals surface area contributed by atoms with Crippen LogP contribution in [-0.2, 0) is 6.54 Å². The van der Waals surface area contributed by atoms with Crippen LogP contribution in [0.4, 0.5) is 5.95 Å². The highest BCUT2D eigenvalue weighted by atomic mass is 16.5. The third-order valence-electron chi connectivity index (χ3n) is 4.06. The van der Waals surface area contributed by atoms with Crippen LogP contribution in [0.25, 0.3) is 11.0 Å². The smallest absolute Gasteiger partial charge is 0.230 e. The molecule has 0 saturated heterocycles. The van der Waals surface area contributed by atoms with Crippen LogP contribution in [0.5, 0.6) is 5.75 Å². The highest BCUT2D eigenvalue weighted by Crippen LogP contribution is 2.22. The van der Waals surface area contributed by atoms with Gasteiger partial charge >= 0.3 is 0 Å². The molecule has 0 N–H and O–H groups in total. The number of aliphatic imine (C=N–C) groups is 1. The quantitative estimate of drug-likeness (QED) is 0.410. The lowest BCUT2D eigenvalue weighted by molar-refractivity contribution is 0.309. The Balaban J connectivity index is 1.77. The van der Waals surface area contributed by atoms with Gasteiger partial charge in [-0.1, -0.05) is 32.4 Å². The van der Waals surface area contributed by atoms with Crippen molar-refractivity contribution in [2.75, 3.05) is 6.61 Å². The summed E-state index contributed by atoms with van der Waals surface area (Å²) in [5.74, 6) is 1.66. The zero-order chi connectivity index (χ0) is 17.5. The van der Waals surface area contributed by atoms with Gasteiger partial charge in [0.15, 0.2) is 0 Å². The standard InChI is InChI=1S/C21H25N3O/c1-3-5-15-25-18-12-10-17(11-13-18)16-22-21-23-19-8-6-7-9-20(19)24(21)14-4-2/h6-13,16H,3-5,14-15H2,1-2H3. The molecule has 3 aromatic rings. The molecule has 0 aliphatic rings. The first-order chi connectivity index (χ1) is 12.3. The van der Waals surface area contributed by atoms with E-state index in [9.17, 15) is 0 Å². The molecule has 0 fully saturated rings. The molecule has 0 saturated carbocycles. The summed E-state index contributed by atoms with van der Waals surface area (Å²) in [5.41, 5.74) is 3.16. The van der Waals surface area contributed by atoms with E-state index in [4.69, 9.17) is 4.74 Å². The lowest BCUT2D eigenvalue weighted by Crippen LogP contribution is -1.97. The molecular weight excluding hydrogens is 310 g/mol. The predicted molar refractivity (Wildman–Crippen MR) is 104 cm³/mol. The van der Waals surface area contributed by atoms with E-state index in [2.05, 4.69) is 34.5 Å². The average Bonchev–Trinajstić information content (AvgIpc) is 2.99. The molecule has 0 bridgehead atoms. The first-order valence-electron chi connectivity index (χ1n) is 9.04. The summed E-state index contributed by atoms with van der Waals surface area (Å²) in [6, 6.07) is 16.2. The lowest BCUT2D eigenvalue weighted by Gasteiger charge is -2.05. The summed E-state index contributed by atoms with van der Waals surface area (Å²) in [4.78, 5) is 9.28. The maximum absolute atomic E-state index is 5.69. The van der Waals surface area contributed by atoms with E-state index in [-0.39, 0.29) is 0 Å². The van der Waals surface area contributed by atoms with Gasteiger partial charge in [0, 0.05) is 12.8 Å². The van der Waals surface area contributed by atoms with Crippen LogP contribution in [0, 0.1) is 0 Å². The Morgan fingerprint density at radius 3 is 2.60 bits per heavy atom. The van der Waals surface area contributed by atoms with E-state index in [1.54, 1.807) is 0 Å². The second-order valence-corrected chi connectivity index (χ2v) is 6.08. The van der Waals surface area contributed by atoms with Gasteiger partial charge in [-0.3, -0.25) is 0 Å². The van der Waals surface area contributed by atoms with Crippen molar-refractivity contribution in [2.45, 2.75) is 39.7 Å². The highest BCUT2D eigenvalue weighted by Gasteiger charge is 2.08. The van der Waals surface area contributed by atoms with Crippen molar-refractivity contribution < 1.29 is 4.74 Å². The van der Waals surface area contributed by atoms with E-state index in [1.165, 1.54) is 0 Å². The summed E-state index contributed by atoms with van der Waals surface area (Å²) >= 11 is 0. The zero-order valence-electron chi connectivity index (χ0n) is 15.0. The van der Waals surface area contributed by atoms with Crippen molar-refractivity contribution in [3.63, 3.8) is 0 Å². The van der Waals surface area contributed by atoms with E-state index in [0.29, 0.717) is 0 Å². The SMILES string of the molecule is CCCCOc1ccc(C=Nc2nc3ccccc3n2CCC)cc1. The van der Waals surface area contributed by atoms with Crippen molar-refractivity contribution in [2.24, 2.45) is 4.99 Å². The van der Waals surface area contributed by atoms with Crippen LogP contribution in [0.2, 0.25) is 0 Å². The van der Waals surface area contributed by atoms with Gasteiger partial charge in [-0.25, -0.2) is 9.98 Å². The van der Waals surface area contributed by atoms with E-state index in [0.717, 1.165) is 60.7 Å². The number of rotatable bonds is 8. The van der Waals surface area contributed by atoms with Crippen molar-refractivity contribution in [1.82, 2.24) is 9.55 Å². The van der Waals surface area contributed by atoms with Crippen molar-refractivity contribution in [3.8, 4) is 5.75 Å². The molecule has 0 spiro atoms. The first-order valence-corrected chi connectivity index (χ1v) is 9.04. The van der Waals surface area contributed by atoms with Gasteiger partial charge in [0.05, 0.1) is 17.6 Å². The molecule has 0 aliphatic heterocycles. The highest BCUT2D eigenvalue weighted by molar-refractivity contribution is 5.83. The Hall–Kier alpha value is -2.62. The number of para-hydroxylation sites is 2. The Bertz CT molecular complexity index is 834. The number of hydrogen-bond acceptors (Lipinski definition) is 3. The zero-order valence-corrected chi connectivity index (χ0v) is 15.0. The monoisotopic (exact) mass is 335 g/mol. The molecule has 2 aromatic carbocycles. The molecule has 0 amide bonds. The van der Waals surface area contributed by atoms with Crippen LogP contribution in [-0.4, -0.2) is 22.4 Å². The summed E-state index contributed by atoms with van der Waals surface area (Å²) in [5, 5.41) is 0. The topological polar surface area (TPSA) is 39.4 Å². The number of aryl methyl sites for hydroxylation is 1. The molecule has 0 radical (unpaired) electrons. The second-order valence-electron chi connectivity index (χ2n) is 6.08. The summed E-state index contributed by atoms with van der Waals surface area (Å²) in [6.45, 7) is 6.01. The number of benzene rings is 2. The Kier molecular flexibility index (Phi) is 5.83. The summed E-state index contributed by atoms with van der Waals surface area (Å²) in [6.07, 6.45) is 5.14. The van der Waals surface area contributed by atoms with Crippen molar-refractivity contribution in [3.05, 3.63) is 54.1 Å². The molecule has 0 aliphatic carbocycles. The maximum Gasteiger partial charge on any atom is 0.230 e. The minimum atomic E-state index is 0.756. The molecular formula is C21H25N3O. The maximum atomic E-state index is 5.69. The molecule has 130 valence electrons. The van der Waals surface area contributed by atoms with Crippen molar-refractivity contribution in [1.29, 1.82) is 0 Å². The normalized spacial score (nSPS) is 11.4. The molecule has 4 nitrogen and oxygen atoms in total. The van der Waals surface area contributed by atoms with E-state index < -0.39 is 0 Å². The van der Waals surface area contributed by atoms with Gasteiger partial charge in [-0.05, 0) is 54.8 Å². The number of fused-ring (bicyclic) bond motifs is 1. The Morgan fingerprint density at radius 1 is 1.04 bits per heavy atom. The summed E-state index contributed by atoms with van der Waals surface area (Å²) < 4.78 is 7.87. The van der Waals surface area contributed by atoms with Crippen LogP contribution in [0.15, 0.2) is 53.5 Å². The van der Waals surface area contributed by atoms with Crippen molar-refractivity contribution >= 4 is 23.2 Å². The van der Waals surface area contributed by atoms with Crippen LogP contribution in [0.1, 0.15) is 38.7 Å².